The third-order valence-corrected chi connectivity index (χ3v) is 5.35. The first kappa shape index (κ1) is 17.7. The Morgan fingerprint density at radius 3 is 2.52 bits per heavy atom. The van der Waals surface area contributed by atoms with E-state index in [0.29, 0.717) is 22.9 Å². The second-order valence-corrected chi connectivity index (χ2v) is 7.89. The van der Waals surface area contributed by atoms with E-state index in [2.05, 4.69) is 5.32 Å². The molecule has 0 unspecified atom stereocenters. The Bertz CT molecular complexity index is 913. The van der Waals surface area contributed by atoms with Crippen molar-refractivity contribution in [3.63, 3.8) is 0 Å². The average Bonchev–Trinajstić information content (AvgIpc) is 3.35. The SMILES string of the molecule is COc1ccc(Cl)cc1NC(=O)[C@H]1C[C@@H]1c1ccc(S(N)(=O)=O)cc1. The first-order valence-electron chi connectivity index (χ1n) is 7.57. The number of nitrogens with one attached hydrogen (secondary N) is 1. The Morgan fingerprint density at radius 1 is 1.24 bits per heavy atom. The van der Waals surface area contributed by atoms with Gasteiger partial charge in [0.25, 0.3) is 0 Å². The molecule has 0 aliphatic heterocycles. The minimum atomic E-state index is -3.71. The number of amides is 1. The van der Waals surface area contributed by atoms with E-state index in [1.165, 1.54) is 19.2 Å². The molecule has 0 radical (unpaired) electrons. The monoisotopic (exact) mass is 380 g/mol. The maximum absolute atomic E-state index is 12.4. The van der Waals surface area contributed by atoms with Crippen LogP contribution in [0.4, 0.5) is 5.69 Å². The Kier molecular flexibility index (Phi) is 4.73. The van der Waals surface area contributed by atoms with Gasteiger partial charge in [0.1, 0.15) is 5.75 Å². The van der Waals surface area contributed by atoms with Gasteiger partial charge in [-0.15, -0.1) is 0 Å². The normalized spacial score (nSPS) is 19.3. The summed E-state index contributed by atoms with van der Waals surface area (Å²) in [6.07, 6.45) is 0.698. The van der Waals surface area contributed by atoms with Crippen LogP contribution in [0.2, 0.25) is 5.02 Å². The van der Waals surface area contributed by atoms with Crippen LogP contribution in [-0.4, -0.2) is 21.4 Å². The zero-order chi connectivity index (χ0) is 18.2. The van der Waals surface area contributed by atoms with Gasteiger partial charge in [0, 0.05) is 10.9 Å². The molecule has 0 spiro atoms. The van der Waals surface area contributed by atoms with Gasteiger partial charge in [0.15, 0.2) is 0 Å². The Labute approximate surface area is 151 Å². The van der Waals surface area contributed by atoms with Gasteiger partial charge in [-0.2, -0.15) is 0 Å². The third-order valence-electron chi connectivity index (χ3n) is 4.18. The molecule has 0 saturated heterocycles. The predicted octanol–water partition coefficient (Wildman–Crippen LogP) is 2.74. The fourth-order valence-corrected chi connectivity index (χ4v) is 3.45. The fraction of sp³-hybridized carbons (Fsp3) is 0.235. The summed E-state index contributed by atoms with van der Waals surface area (Å²) >= 11 is 5.96. The number of carbonyl (C=O) groups excluding carboxylic acids is 1. The molecule has 8 heteroatoms. The Hall–Kier alpha value is -2.09. The zero-order valence-corrected chi connectivity index (χ0v) is 15.0. The molecule has 1 fully saturated rings. The summed E-state index contributed by atoms with van der Waals surface area (Å²) in [5.74, 6) is 0.289. The van der Waals surface area contributed by atoms with Crippen LogP contribution >= 0.6 is 11.6 Å². The van der Waals surface area contributed by atoms with Crippen LogP contribution in [0, 0.1) is 5.92 Å². The Balaban J connectivity index is 1.69. The number of rotatable bonds is 5. The summed E-state index contributed by atoms with van der Waals surface area (Å²) in [4.78, 5) is 12.5. The van der Waals surface area contributed by atoms with E-state index in [9.17, 15) is 13.2 Å². The molecule has 2 atom stereocenters. The topological polar surface area (TPSA) is 98.5 Å². The number of methoxy groups -OCH3 is 1. The van der Waals surface area contributed by atoms with Crippen LogP contribution in [0.25, 0.3) is 0 Å². The summed E-state index contributed by atoms with van der Waals surface area (Å²) in [7, 11) is -2.19. The van der Waals surface area contributed by atoms with Crippen LogP contribution in [0.15, 0.2) is 47.4 Å². The quantitative estimate of drug-likeness (QED) is 0.833. The smallest absolute Gasteiger partial charge is 0.238 e. The van der Waals surface area contributed by atoms with E-state index in [0.717, 1.165) is 5.56 Å². The highest BCUT2D eigenvalue weighted by atomic mass is 35.5. The molecule has 132 valence electrons. The summed E-state index contributed by atoms with van der Waals surface area (Å²) in [5.41, 5.74) is 1.43. The fourth-order valence-electron chi connectivity index (χ4n) is 2.76. The van der Waals surface area contributed by atoms with Gasteiger partial charge in [-0.05, 0) is 48.2 Å². The van der Waals surface area contributed by atoms with Crippen molar-refractivity contribution in [2.45, 2.75) is 17.2 Å². The molecule has 3 rings (SSSR count). The van der Waals surface area contributed by atoms with E-state index in [1.807, 2.05) is 0 Å². The molecule has 0 aromatic heterocycles. The van der Waals surface area contributed by atoms with Crippen molar-refractivity contribution in [2.24, 2.45) is 11.1 Å². The first-order chi connectivity index (χ1) is 11.8. The molecule has 0 heterocycles. The van der Waals surface area contributed by atoms with Gasteiger partial charge in [-0.1, -0.05) is 23.7 Å². The van der Waals surface area contributed by atoms with Gasteiger partial charge in [-0.25, -0.2) is 13.6 Å². The van der Waals surface area contributed by atoms with E-state index < -0.39 is 10.0 Å². The van der Waals surface area contributed by atoms with Crippen LogP contribution < -0.4 is 15.2 Å². The summed E-state index contributed by atoms with van der Waals surface area (Å²) < 4.78 is 27.8. The molecule has 1 saturated carbocycles. The van der Waals surface area contributed by atoms with E-state index >= 15 is 0 Å². The molecule has 1 amide bonds. The Morgan fingerprint density at radius 2 is 1.92 bits per heavy atom. The lowest BCUT2D eigenvalue weighted by Crippen LogP contribution is -2.15. The van der Waals surface area contributed by atoms with Gasteiger partial charge >= 0.3 is 0 Å². The van der Waals surface area contributed by atoms with Crippen LogP contribution in [0.1, 0.15) is 17.9 Å². The minimum Gasteiger partial charge on any atom is -0.495 e. The molecule has 0 bridgehead atoms. The van der Waals surface area contributed by atoms with Crippen LogP contribution in [0.3, 0.4) is 0 Å². The lowest BCUT2D eigenvalue weighted by molar-refractivity contribution is -0.117. The molecular weight excluding hydrogens is 364 g/mol. The van der Waals surface area contributed by atoms with Crippen LogP contribution in [0.5, 0.6) is 5.75 Å². The number of sulfonamides is 1. The number of hydrogen-bond donors (Lipinski definition) is 2. The minimum absolute atomic E-state index is 0.0553. The standard InChI is InChI=1S/C17H17ClN2O4S/c1-24-16-7-4-11(18)8-15(16)20-17(21)14-9-13(14)10-2-5-12(6-3-10)25(19,22)23/h2-8,13-14H,9H2,1H3,(H,20,21)(H2,19,22,23)/t13-,14+/m1/s1. The molecule has 25 heavy (non-hydrogen) atoms. The van der Waals surface area contributed by atoms with Gasteiger partial charge in [0.2, 0.25) is 15.9 Å². The van der Waals surface area contributed by atoms with E-state index in [1.54, 1.807) is 30.3 Å². The molecule has 1 aliphatic carbocycles. The molecule has 6 nitrogen and oxygen atoms in total. The van der Waals surface area contributed by atoms with E-state index in [4.69, 9.17) is 21.5 Å². The van der Waals surface area contributed by atoms with Crippen molar-refractivity contribution in [3.05, 3.63) is 53.1 Å². The number of ether oxygens (including phenoxy) is 1. The first-order valence-corrected chi connectivity index (χ1v) is 9.49. The number of nitrogens with two attached hydrogens (primary N) is 1. The summed E-state index contributed by atoms with van der Waals surface area (Å²) in [6, 6.07) is 11.3. The maximum atomic E-state index is 12.4. The lowest BCUT2D eigenvalue weighted by atomic mass is 10.1. The number of benzene rings is 2. The van der Waals surface area contributed by atoms with Crippen molar-refractivity contribution in [1.29, 1.82) is 0 Å². The van der Waals surface area contributed by atoms with Crippen LogP contribution in [-0.2, 0) is 14.8 Å². The number of anilines is 1. The number of halogens is 1. The maximum Gasteiger partial charge on any atom is 0.238 e. The zero-order valence-electron chi connectivity index (χ0n) is 13.4. The summed E-state index contributed by atoms with van der Waals surface area (Å²) in [6.45, 7) is 0. The van der Waals surface area contributed by atoms with Gasteiger partial charge in [0.05, 0.1) is 17.7 Å². The van der Waals surface area contributed by atoms with E-state index in [-0.39, 0.29) is 22.6 Å². The number of primary sulfonamides is 1. The number of carbonyl (C=O) groups is 1. The van der Waals surface area contributed by atoms with Crippen molar-refractivity contribution in [2.75, 3.05) is 12.4 Å². The largest absolute Gasteiger partial charge is 0.495 e. The van der Waals surface area contributed by atoms with Gasteiger partial charge < -0.3 is 10.1 Å². The highest BCUT2D eigenvalue weighted by molar-refractivity contribution is 7.89. The predicted molar refractivity (Wildman–Crippen MR) is 95.3 cm³/mol. The highest BCUT2D eigenvalue weighted by Crippen LogP contribution is 2.48. The summed E-state index contributed by atoms with van der Waals surface area (Å²) in [5, 5.41) is 8.42. The molecule has 2 aromatic carbocycles. The number of hydrogen-bond acceptors (Lipinski definition) is 4. The second kappa shape index (κ2) is 6.67. The van der Waals surface area contributed by atoms with Crippen molar-refractivity contribution >= 4 is 33.2 Å². The average molecular weight is 381 g/mol. The van der Waals surface area contributed by atoms with Gasteiger partial charge in [-0.3, -0.25) is 4.79 Å². The highest BCUT2D eigenvalue weighted by Gasteiger charge is 2.44. The molecule has 3 N–H and O–H groups in total. The molecule has 1 aliphatic rings. The second-order valence-electron chi connectivity index (χ2n) is 5.90. The van der Waals surface area contributed by atoms with Crippen molar-refractivity contribution < 1.29 is 17.9 Å². The lowest BCUT2D eigenvalue weighted by Gasteiger charge is -2.10. The van der Waals surface area contributed by atoms with Crippen molar-refractivity contribution in [3.8, 4) is 5.75 Å². The van der Waals surface area contributed by atoms with Crippen molar-refractivity contribution in [1.82, 2.24) is 0 Å². The third kappa shape index (κ3) is 3.95. The molecule has 2 aromatic rings. The molecular formula is C17H17ClN2O4S.